The van der Waals surface area contributed by atoms with Gasteiger partial charge in [0.05, 0.1) is 0 Å². The molecule has 0 radical (unpaired) electrons. The lowest BCUT2D eigenvalue weighted by atomic mass is 10.1. The second-order valence-corrected chi connectivity index (χ2v) is 7.62. The quantitative estimate of drug-likeness (QED) is 0.842. The minimum atomic E-state index is 0.287. The molecule has 1 aliphatic carbocycles. The van der Waals surface area contributed by atoms with Gasteiger partial charge in [0, 0.05) is 51.3 Å². The lowest BCUT2D eigenvalue weighted by Crippen LogP contribution is -2.50. The van der Waals surface area contributed by atoms with E-state index in [9.17, 15) is 4.79 Å². The van der Waals surface area contributed by atoms with Crippen LogP contribution in [0.2, 0.25) is 0 Å². The lowest BCUT2D eigenvalue weighted by molar-refractivity contribution is -0.135. The molecular weight excluding hydrogens is 314 g/mol. The normalized spacial score (nSPS) is 22.0. The fourth-order valence-corrected chi connectivity index (χ4v) is 4.39. The van der Waals surface area contributed by atoms with E-state index in [1.807, 2.05) is 6.92 Å². The van der Waals surface area contributed by atoms with E-state index >= 15 is 0 Å². The highest BCUT2D eigenvalue weighted by Crippen LogP contribution is 2.28. The zero-order chi connectivity index (χ0) is 17.2. The Labute approximate surface area is 150 Å². The van der Waals surface area contributed by atoms with E-state index < -0.39 is 0 Å². The number of hydrogen-bond acceptors (Lipinski definition) is 5. The summed E-state index contributed by atoms with van der Waals surface area (Å²) in [5.41, 5.74) is 0. The monoisotopic (exact) mass is 343 g/mol. The maximum Gasteiger partial charge on any atom is 0.225 e. The number of amides is 1. The highest BCUT2D eigenvalue weighted by Gasteiger charge is 2.30. The second-order valence-electron chi connectivity index (χ2n) is 7.62. The smallest absolute Gasteiger partial charge is 0.225 e. The van der Waals surface area contributed by atoms with Gasteiger partial charge in [0.1, 0.15) is 17.5 Å². The van der Waals surface area contributed by atoms with Crippen molar-refractivity contribution in [2.75, 3.05) is 49.1 Å². The average molecular weight is 343 g/mol. The van der Waals surface area contributed by atoms with Crippen molar-refractivity contribution < 1.29 is 4.79 Å². The molecule has 3 aliphatic rings. The van der Waals surface area contributed by atoms with Gasteiger partial charge in [0.2, 0.25) is 5.91 Å². The molecule has 6 heteroatoms. The molecule has 1 aromatic rings. The number of anilines is 2. The summed E-state index contributed by atoms with van der Waals surface area (Å²) in [5.74, 6) is 3.58. The minimum absolute atomic E-state index is 0.287. The average Bonchev–Trinajstić information content (AvgIpc) is 3.34. The molecule has 0 unspecified atom stereocenters. The topological polar surface area (TPSA) is 52.6 Å². The van der Waals surface area contributed by atoms with Crippen LogP contribution in [-0.4, -0.2) is 60.0 Å². The van der Waals surface area contributed by atoms with E-state index in [1.54, 1.807) is 0 Å². The highest BCUT2D eigenvalue weighted by molar-refractivity contribution is 5.79. The van der Waals surface area contributed by atoms with Crippen LogP contribution in [-0.2, 0) is 4.79 Å². The van der Waals surface area contributed by atoms with Crippen LogP contribution in [0.3, 0.4) is 0 Å². The third-order valence-electron chi connectivity index (χ3n) is 5.86. The number of aromatic nitrogens is 2. The molecule has 3 fully saturated rings. The van der Waals surface area contributed by atoms with Crippen molar-refractivity contribution in [1.29, 1.82) is 0 Å². The summed E-state index contributed by atoms with van der Waals surface area (Å²) in [4.78, 5) is 28.6. The predicted octanol–water partition coefficient (Wildman–Crippen LogP) is 2.22. The molecule has 0 bridgehead atoms. The SMILES string of the molecule is Cc1nc(N2CCCC2)cc(N2CCN(C(=O)C3CCCC3)CC2)n1. The summed E-state index contributed by atoms with van der Waals surface area (Å²) in [6.07, 6.45) is 7.11. The molecule has 0 atom stereocenters. The predicted molar refractivity (Wildman–Crippen MR) is 99.0 cm³/mol. The van der Waals surface area contributed by atoms with Crippen molar-refractivity contribution in [2.24, 2.45) is 5.92 Å². The van der Waals surface area contributed by atoms with Crippen LogP contribution < -0.4 is 9.80 Å². The Morgan fingerprint density at radius 2 is 1.44 bits per heavy atom. The maximum absolute atomic E-state index is 12.6. The van der Waals surface area contributed by atoms with Gasteiger partial charge in [0.15, 0.2) is 0 Å². The molecule has 4 rings (SSSR count). The summed E-state index contributed by atoms with van der Waals surface area (Å²) in [5, 5.41) is 0. The van der Waals surface area contributed by atoms with E-state index in [4.69, 9.17) is 0 Å². The molecule has 0 spiro atoms. The van der Waals surface area contributed by atoms with Crippen molar-refractivity contribution in [3.8, 4) is 0 Å². The zero-order valence-corrected chi connectivity index (χ0v) is 15.3. The Morgan fingerprint density at radius 1 is 0.880 bits per heavy atom. The Kier molecular flexibility index (Phi) is 4.77. The highest BCUT2D eigenvalue weighted by atomic mass is 16.2. The number of nitrogens with zero attached hydrogens (tertiary/aromatic N) is 5. The van der Waals surface area contributed by atoms with Crippen LogP contribution in [0.15, 0.2) is 6.07 Å². The first-order valence-electron chi connectivity index (χ1n) is 9.85. The molecule has 0 N–H and O–H groups in total. The van der Waals surface area contributed by atoms with E-state index in [0.29, 0.717) is 5.91 Å². The first kappa shape index (κ1) is 16.6. The van der Waals surface area contributed by atoms with Gasteiger partial charge in [-0.25, -0.2) is 9.97 Å². The van der Waals surface area contributed by atoms with Crippen LogP contribution in [0.4, 0.5) is 11.6 Å². The first-order chi connectivity index (χ1) is 12.2. The molecule has 0 aromatic carbocycles. The Hall–Kier alpha value is -1.85. The van der Waals surface area contributed by atoms with Gasteiger partial charge in [0.25, 0.3) is 0 Å². The van der Waals surface area contributed by atoms with Crippen LogP contribution in [0.25, 0.3) is 0 Å². The number of carbonyl (C=O) groups is 1. The number of aryl methyl sites for hydroxylation is 1. The van der Waals surface area contributed by atoms with Gasteiger partial charge < -0.3 is 14.7 Å². The number of hydrogen-bond donors (Lipinski definition) is 0. The molecule has 136 valence electrons. The molecule has 2 aliphatic heterocycles. The summed E-state index contributed by atoms with van der Waals surface area (Å²) in [6.45, 7) is 7.54. The van der Waals surface area contributed by atoms with E-state index in [-0.39, 0.29) is 5.92 Å². The fourth-order valence-electron chi connectivity index (χ4n) is 4.39. The summed E-state index contributed by atoms with van der Waals surface area (Å²) in [6, 6.07) is 2.13. The van der Waals surface area contributed by atoms with Gasteiger partial charge in [-0.2, -0.15) is 0 Å². The summed E-state index contributed by atoms with van der Waals surface area (Å²) < 4.78 is 0. The maximum atomic E-state index is 12.6. The van der Waals surface area contributed by atoms with Crippen LogP contribution in [0, 0.1) is 12.8 Å². The van der Waals surface area contributed by atoms with Gasteiger partial charge in [-0.05, 0) is 32.6 Å². The van der Waals surface area contributed by atoms with E-state index in [1.165, 1.54) is 25.7 Å². The Morgan fingerprint density at radius 3 is 2.04 bits per heavy atom. The standard InChI is InChI=1S/C19H29N5O/c1-15-20-17(22-8-4-5-9-22)14-18(21-15)23-10-12-24(13-11-23)19(25)16-6-2-3-7-16/h14,16H,2-13H2,1H3. The van der Waals surface area contributed by atoms with Gasteiger partial charge in [-0.3, -0.25) is 4.79 Å². The van der Waals surface area contributed by atoms with Crippen LogP contribution in [0.1, 0.15) is 44.3 Å². The van der Waals surface area contributed by atoms with Crippen LogP contribution >= 0.6 is 0 Å². The van der Waals surface area contributed by atoms with Gasteiger partial charge in [-0.15, -0.1) is 0 Å². The Bertz CT molecular complexity index is 614. The molecular formula is C19H29N5O. The number of piperazine rings is 1. The Balaban J connectivity index is 1.41. The zero-order valence-electron chi connectivity index (χ0n) is 15.3. The third kappa shape index (κ3) is 3.58. The summed E-state index contributed by atoms with van der Waals surface area (Å²) in [7, 11) is 0. The van der Waals surface area contributed by atoms with Crippen molar-refractivity contribution in [1.82, 2.24) is 14.9 Å². The lowest BCUT2D eigenvalue weighted by Gasteiger charge is -2.37. The van der Waals surface area contributed by atoms with Crippen molar-refractivity contribution in [2.45, 2.75) is 45.4 Å². The third-order valence-corrected chi connectivity index (χ3v) is 5.86. The van der Waals surface area contributed by atoms with Crippen molar-refractivity contribution >= 4 is 17.5 Å². The van der Waals surface area contributed by atoms with Crippen molar-refractivity contribution in [3.05, 3.63) is 11.9 Å². The molecule has 1 saturated carbocycles. The fraction of sp³-hybridized carbons (Fsp3) is 0.737. The molecule has 1 amide bonds. The molecule has 1 aromatic heterocycles. The first-order valence-corrected chi connectivity index (χ1v) is 9.85. The molecule has 6 nitrogen and oxygen atoms in total. The van der Waals surface area contributed by atoms with E-state index in [0.717, 1.165) is 69.6 Å². The van der Waals surface area contributed by atoms with Crippen molar-refractivity contribution in [3.63, 3.8) is 0 Å². The van der Waals surface area contributed by atoms with E-state index in [2.05, 4.69) is 30.7 Å². The minimum Gasteiger partial charge on any atom is -0.356 e. The van der Waals surface area contributed by atoms with Gasteiger partial charge >= 0.3 is 0 Å². The molecule has 3 heterocycles. The second kappa shape index (κ2) is 7.18. The number of rotatable bonds is 3. The van der Waals surface area contributed by atoms with Crippen LogP contribution in [0.5, 0.6) is 0 Å². The summed E-state index contributed by atoms with van der Waals surface area (Å²) >= 11 is 0. The van der Waals surface area contributed by atoms with Gasteiger partial charge in [-0.1, -0.05) is 12.8 Å². The number of carbonyl (C=O) groups excluding carboxylic acids is 1. The molecule has 25 heavy (non-hydrogen) atoms. The largest absolute Gasteiger partial charge is 0.356 e. The molecule has 2 saturated heterocycles.